The molecule has 0 atom stereocenters. The molecule has 0 radical (unpaired) electrons. The highest BCUT2D eigenvalue weighted by atomic mass is 32.1. The van der Waals surface area contributed by atoms with Gasteiger partial charge in [0.05, 0.1) is 23.5 Å². The maximum atomic E-state index is 12.0. The molecule has 0 fully saturated rings. The van der Waals surface area contributed by atoms with Crippen molar-refractivity contribution in [3.63, 3.8) is 0 Å². The van der Waals surface area contributed by atoms with Crippen molar-refractivity contribution >= 4 is 17.2 Å². The Labute approximate surface area is 110 Å². The molecular weight excluding hydrogens is 248 g/mol. The van der Waals surface area contributed by atoms with E-state index in [0.717, 1.165) is 10.7 Å². The minimum atomic E-state index is -0.126. The van der Waals surface area contributed by atoms with Crippen LogP contribution >= 0.6 is 11.3 Å². The first-order valence-electron chi connectivity index (χ1n) is 5.81. The molecule has 18 heavy (non-hydrogen) atoms. The van der Waals surface area contributed by atoms with E-state index in [9.17, 15) is 4.79 Å². The second-order valence-corrected chi connectivity index (χ2v) is 5.36. The number of carbonyl (C=O) groups excluding carboxylic acids is 1. The fourth-order valence-electron chi connectivity index (χ4n) is 1.56. The lowest BCUT2D eigenvalue weighted by Crippen LogP contribution is -2.25. The summed E-state index contributed by atoms with van der Waals surface area (Å²) in [4.78, 5) is 18.1. The summed E-state index contributed by atoms with van der Waals surface area (Å²) in [6.45, 7) is 4.73. The van der Waals surface area contributed by atoms with Crippen LogP contribution in [0.2, 0.25) is 0 Å². The third kappa shape index (κ3) is 2.79. The molecule has 0 saturated carbocycles. The highest BCUT2D eigenvalue weighted by Gasteiger charge is 2.16. The van der Waals surface area contributed by atoms with Gasteiger partial charge in [0.25, 0.3) is 5.91 Å². The third-order valence-corrected chi connectivity index (χ3v) is 3.74. The molecule has 0 aliphatic heterocycles. The Balaban J connectivity index is 2.02. The molecule has 2 aromatic heterocycles. The molecule has 2 aromatic rings. The van der Waals surface area contributed by atoms with E-state index in [1.165, 1.54) is 6.26 Å². The topological polar surface area (TPSA) is 46.3 Å². The van der Waals surface area contributed by atoms with Crippen molar-refractivity contribution in [1.82, 2.24) is 9.88 Å². The molecule has 0 N–H and O–H groups in total. The molecule has 0 aromatic carbocycles. The van der Waals surface area contributed by atoms with E-state index in [2.05, 4.69) is 18.8 Å². The highest BCUT2D eigenvalue weighted by molar-refractivity contribution is 7.09. The number of aromatic nitrogens is 1. The zero-order chi connectivity index (χ0) is 13.1. The van der Waals surface area contributed by atoms with Crippen LogP contribution in [0.5, 0.6) is 0 Å². The van der Waals surface area contributed by atoms with Crippen LogP contribution in [0.3, 0.4) is 0 Å². The van der Waals surface area contributed by atoms with Gasteiger partial charge in [0.15, 0.2) is 5.76 Å². The molecule has 0 aliphatic carbocycles. The fourth-order valence-corrected chi connectivity index (χ4v) is 2.39. The number of nitrogens with zero attached hydrogens (tertiary/aromatic N) is 2. The Morgan fingerprint density at radius 1 is 1.56 bits per heavy atom. The Morgan fingerprint density at radius 3 is 2.89 bits per heavy atom. The number of amides is 1. The Morgan fingerprint density at radius 2 is 2.33 bits per heavy atom. The molecule has 96 valence electrons. The average Bonchev–Trinajstić information content (AvgIpc) is 2.98. The van der Waals surface area contributed by atoms with Gasteiger partial charge in [-0.05, 0) is 12.1 Å². The Kier molecular flexibility index (Phi) is 3.81. The van der Waals surface area contributed by atoms with Gasteiger partial charge in [-0.15, -0.1) is 11.3 Å². The zero-order valence-electron chi connectivity index (χ0n) is 10.7. The number of carbonyl (C=O) groups is 1. The van der Waals surface area contributed by atoms with E-state index in [0.29, 0.717) is 18.2 Å². The van der Waals surface area contributed by atoms with Crippen LogP contribution in [-0.4, -0.2) is 22.8 Å². The summed E-state index contributed by atoms with van der Waals surface area (Å²) in [5.41, 5.74) is 0.922. The first-order valence-corrected chi connectivity index (χ1v) is 6.69. The van der Waals surface area contributed by atoms with Gasteiger partial charge in [-0.3, -0.25) is 4.79 Å². The predicted molar refractivity (Wildman–Crippen MR) is 70.7 cm³/mol. The third-order valence-electron chi connectivity index (χ3n) is 2.54. The van der Waals surface area contributed by atoms with Gasteiger partial charge in [0, 0.05) is 18.3 Å². The number of hydrogen-bond donors (Lipinski definition) is 0. The van der Waals surface area contributed by atoms with Crippen molar-refractivity contribution in [2.24, 2.45) is 0 Å². The number of hydrogen-bond acceptors (Lipinski definition) is 4. The number of furan rings is 1. The summed E-state index contributed by atoms with van der Waals surface area (Å²) >= 11 is 1.64. The molecule has 0 spiro atoms. The van der Waals surface area contributed by atoms with Crippen molar-refractivity contribution in [3.8, 4) is 0 Å². The molecule has 0 unspecified atom stereocenters. The average molecular weight is 264 g/mol. The lowest BCUT2D eigenvalue weighted by atomic mass is 10.2. The lowest BCUT2D eigenvalue weighted by molar-refractivity contribution is 0.0752. The van der Waals surface area contributed by atoms with Crippen LogP contribution in [-0.2, 0) is 6.54 Å². The largest absolute Gasteiger partial charge is 0.459 e. The maximum Gasteiger partial charge on any atom is 0.289 e. The normalized spacial score (nSPS) is 10.9. The highest BCUT2D eigenvalue weighted by Crippen LogP contribution is 2.20. The summed E-state index contributed by atoms with van der Waals surface area (Å²) in [5.74, 6) is 0.658. The molecule has 1 amide bonds. The molecule has 5 heteroatoms. The van der Waals surface area contributed by atoms with E-state index in [4.69, 9.17) is 4.42 Å². The predicted octanol–water partition coefficient (Wildman–Crippen LogP) is 3.13. The van der Waals surface area contributed by atoms with Gasteiger partial charge in [-0.2, -0.15) is 0 Å². The smallest absolute Gasteiger partial charge is 0.289 e. The van der Waals surface area contributed by atoms with Crippen LogP contribution < -0.4 is 0 Å². The minimum absolute atomic E-state index is 0.126. The molecular formula is C13H16N2O2S. The Bertz CT molecular complexity index is 517. The van der Waals surface area contributed by atoms with E-state index in [1.54, 1.807) is 35.4 Å². The van der Waals surface area contributed by atoms with Crippen LogP contribution in [0.25, 0.3) is 0 Å². The van der Waals surface area contributed by atoms with Crippen LogP contribution in [0, 0.1) is 0 Å². The second-order valence-electron chi connectivity index (χ2n) is 4.47. The summed E-state index contributed by atoms with van der Waals surface area (Å²) in [7, 11) is 1.75. The molecule has 2 rings (SSSR count). The number of thiazole rings is 1. The van der Waals surface area contributed by atoms with Gasteiger partial charge in [-0.25, -0.2) is 4.98 Å². The van der Waals surface area contributed by atoms with Gasteiger partial charge < -0.3 is 9.32 Å². The second kappa shape index (κ2) is 5.35. The van der Waals surface area contributed by atoms with E-state index in [1.807, 2.05) is 5.38 Å². The van der Waals surface area contributed by atoms with Crippen LogP contribution in [0.4, 0.5) is 0 Å². The molecule has 4 nitrogen and oxygen atoms in total. The maximum absolute atomic E-state index is 12.0. The fraction of sp³-hybridized carbons (Fsp3) is 0.385. The van der Waals surface area contributed by atoms with Crippen molar-refractivity contribution in [2.45, 2.75) is 26.3 Å². The van der Waals surface area contributed by atoms with E-state index in [-0.39, 0.29) is 5.91 Å². The van der Waals surface area contributed by atoms with Crippen molar-refractivity contribution in [3.05, 3.63) is 40.2 Å². The summed E-state index contributed by atoms with van der Waals surface area (Å²) < 4.78 is 5.09. The monoisotopic (exact) mass is 264 g/mol. The van der Waals surface area contributed by atoms with Gasteiger partial charge in [-0.1, -0.05) is 13.8 Å². The summed E-state index contributed by atoms with van der Waals surface area (Å²) in [5, 5.41) is 3.10. The van der Waals surface area contributed by atoms with E-state index < -0.39 is 0 Å². The van der Waals surface area contributed by atoms with Gasteiger partial charge >= 0.3 is 0 Å². The first kappa shape index (κ1) is 12.8. The molecule has 0 aliphatic rings. The molecule has 0 saturated heterocycles. The quantitative estimate of drug-likeness (QED) is 0.852. The van der Waals surface area contributed by atoms with E-state index >= 15 is 0 Å². The van der Waals surface area contributed by atoms with Gasteiger partial charge in [0.2, 0.25) is 0 Å². The number of rotatable bonds is 4. The van der Waals surface area contributed by atoms with Crippen molar-refractivity contribution in [2.75, 3.05) is 7.05 Å². The summed E-state index contributed by atoms with van der Waals surface area (Å²) in [6, 6.07) is 3.38. The van der Waals surface area contributed by atoms with Gasteiger partial charge in [0.1, 0.15) is 0 Å². The Hall–Kier alpha value is -1.62. The lowest BCUT2D eigenvalue weighted by Gasteiger charge is -2.13. The van der Waals surface area contributed by atoms with Crippen molar-refractivity contribution < 1.29 is 9.21 Å². The first-order chi connectivity index (χ1) is 8.58. The zero-order valence-corrected chi connectivity index (χ0v) is 11.5. The SMILES string of the molecule is CC(C)c1nc(CN(C)C(=O)c2ccco2)cs1. The van der Waals surface area contributed by atoms with Crippen LogP contribution in [0.15, 0.2) is 28.2 Å². The standard InChI is InChI=1S/C13H16N2O2S/c1-9(2)12-14-10(8-18-12)7-15(3)13(16)11-5-4-6-17-11/h4-6,8-9H,7H2,1-3H3. The summed E-state index contributed by atoms with van der Waals surface area (Å²) in [6.07, 6.45) is 1.50. The molecule has 0 bridgehead atoms. The van der Waals surface area contributed by atoms with Crippen molar-refractivity contribution in [1.29, 1.82) is 0 Å². The molecule has 2 heterocycles. The van der Waals surface area contributed by atoms with Crippen LogP contribution in [0.1, 0.15) is 41.0 Å². The minimum Gasteiger partial charge on any atom is -0.459 e.